The fourth-order valence-corrected chi connectivity index (χ4v) is 4.19. The minimum Gasteiger partial charge on any atom is -0.488 e. The summed E-state index contributed by atoms with van der Waals surface area (Å²) in [6, 6.07) is 20.5. The lowest BCUT2D eigenvalue weighted by Gasteiger charge is -2.13. The van der Waals surface area contributed by atoms with Crippen LogP contribution in [0.5, 0.6) is 5.75 Å². The van der Waals surface area contributed by atoms with Crippen molar-refractivity contribution in [2.24, 2.45) is 4.99 Å². The van der Waals surface area contributed by atoms with Gasteiger partial charge in [-0.15, -0.1) is 0 Å². The summed E-state index contributed by atoms with van der Waals surface area (Å²) in [4.78, 5) is 19.1. The number of carbonyl (C=O) groups excluding carboxylic acids is 1. The molecular formula is C24H22N2O2S. The van der Waals surface area contributed by atoms with Crippen LogP contribution in [0.15, 0.2) is 70.6 Å². The fraction of sp³-hybridized carbons (Fsp3) is 0.167. The van der Waals surface area contributed by atoms with Gasteiger partial charge in [0.1, 0.15) is 12.4 Å². The van der Waals surface area contributed by atoms with E-state index in [1.807, 2.05) is 24.3 Å². The average molecular weight is 403 g/mol. The van der Waals surface area contributed by atoms with Gasteiger partial charge in [-0.05, 0) is 47.2 Å². The van der Waals surface area contributed by atoms with E-state index < -0.39 is 0 Å². The number of nitrogens with zero attached hydrogens (tertiary/aromatic N) is 2. The molecule has 5 heteroatoms. The predicted molar refractivity (Wildman–Crippen MR) is 121 cm³/mol. The van der Waals surface area contributed by atoms with Gasteiger partial charge in [-0.3, -0.25) is 14.7 Å². The SMILES string of the molecule is CN=C1S/C(=C\c2c(OCc3ccc(C)cc3)ccc3ccccc23)C(=O)N1C. The molecule has 3 aromatic rings. The first kappa shape index (κ1) is 19.3. The van der Waals surface area contributed by atoms with Gasteiger partial charge < -0.3 is 4.74 Å². The van der Waals surface area contributed by atoms with Crippen LogP contribution in [0, 0.1) is 6.92 Å². The van der Waals surface area contributed by atoms with Crippen molar-refractivity contribution in [1.29, 1.82) is 0 Å². The number of amidine groups is 1. The van der Waals surface area contributed by atoms with Crippen molar-refractivity contribution in [2.45, 2.75) is 13.5 Å². The summed E-state index contributed by atoms with van der Waals surface area (Å²) in [7, 11) is 3.44. The van der Waals surface area contributed by atoms with Crippen molar-refractivity contribution in [3.05, 3.63) is 82.3 Å². The summed E-state index contributed by atoms with van der Waals surface area (Å²) in [6.07, 6.45) is 1.93. The average Bonchev–Trinajstić information content (AvgIpc) is 3.02. The molecule has 1 fully saturated rings. The molecule has 1 saturated heterocycles. The van der Waals surface area contributed by atoms with Gasteiger partial charge in [-0.25, -0.2) is 0 Å². The van der Waals surface area contributed by atoms with E-state index >= 15 is 0 Å². The molecule has 1 heterocycles. The van der Waals surface area contributed by atoms with E-state index in [0.29, 0.717) is 16.7 Å². The Morgan fingerprint density at radius 3 is 2.55 bits per heavy atom. The highest BCUT2D eigenvalue weighted by molar-refractivity contribution is 8.18. The van der Waals surface area contributed by atoms with Gasteiger partial charge in [0.2, 0.25) is 0 Å². The molecule has 0 N–H and O–H groups in total. The molecule has 0 unspecified atom stereocenters. The minimum atomic E-state index is -0.0481. The number of amides is 1. The number of fused-ring (bicyclic) bond motifs is 1. The number of ether oxygens (including phenoxy) is 1. The Morgan fingerprint density at radius 1 is 1.07 bits per heavy atom. The van der Waals surface area contributed by atoms with Crippen LogP contribution >= 0.6 is 11.8 Å². The van der Waals surface area contributed by atoms with Gasteiger partial charge in [-0.2, -0.15) is 0 Å². The Labute approximate surface area is 174 Å². The van der Waals surface area contributed by atoms with E-state index in [1.54, 1.807) is 19.0 Å². The van der Waals surface area contributed by atoms with Crippen LogP contribution in [-0.2, 0) is 11.4 Å². The second-order valence-electron chi connectivity index (χ2n) is 6.95. The number of aliphatic imine (C=N–C) groups is 1. The van der Waals surface area contributed by atoms with E-state index in [1.165, 1.54) is 17.3 Å². The van der Waals surface area contributed by atoms with Crippen molar-refractivity contribution in [2.75, 3.05) is 14.1 Å². The zero-order valence-corrected chi connectivity index (χ0v) is 17.5. The molecule has 0 radical (unpaired) electrons. The summed E-state index contributed by atoms with van der Waals surface area (Å²) < 4.78 is 6.19. The maximum absolute atomic E-state index is 12.7. The number of rotatable bonds is 4. The summed E-state index contributed by atoms with van der Waals surface area (Å²) in [5.41, 5.74) is 3.24. The molecule has 1 aliphatic rings. The molecule has 4 nitrogen and oxygen atoms in total. The Hall–Kier alpha value is -3.05. The first-order chi connectivity index (χ1) is 14.1. The van der Waals surface area contributed by atoms with Gasteiger partial charge in [0.25, 0.3) is 5.91 Å². The number of hydrogen-bond acceptors (Lipinski definition) is 4. The largest absolute Gasteiger partial charge is 0.488 e. The standard InChI is InChI=1S/C24H22N2O2S/c1-16-8-10-17(11-9-16)15-28-21-13-12-18-6-4-5-7-19(18)20(21)14-22-23(27)26(3)24(25-2)29-22/h4-14H,15H2,1-3H3/b22-14-,25-24?. The molecule has 29 heavy (non-hydrogen) atoms. The van der Waals surface area contributed by atoms with Gasteiger partial charge >= 0.3 is 0 Å². The van der Waals surface area contributed by atoms with E-state index in [9.17, 15) is 4.79 Å². The molecule has 4 rings (SSSR count). The summed E-state index contributed by atoms with van der Waals surface area (Å²) in [5, 5.41) is 2.86. The highest BCUT2D eigenvalue weighted by atomic mass is 32.2. The highest BCUT2D eigenvalue weighted by Gasteiger charge is 2.30. The van der Waals surface area contributed by atoms with Crippen LogP contribution < -0.4 is 4.74 Å². The third kappa shape index (κ3) is 3.91. The number of hydrogen-bond donors (Lipinski definition) is 0. The zero-order valence-electron chi connectivity index (χ0n) is 16.7. The second kappa shape index (κ2) is 8.13. The maximum Gasteiger partial charge on any atom is 0.266 e. The van der Waals surface area contributed by atoms with Crippen molar-refractivity contribution in [1.82, 2.24) is 4.90 Å². The summed E-state index contributed by atoms with van der Waals surface area (Å²) in [6.45, 7) is 2.54. The highest BCUT2D eigenvalue weighted by Crippen LogP contribution is 2.36. The first-order valence-electron chi connectivity index (χ1n) is 9.41. The number of thioether (sulfide) groups is 1. The number of likely N-dealkylation sites (N-methyl/N-ethyl adjacent to an activating group) is 1. The van der Waals surface area contributed by atoms with E-state index in [4.69, 9.17) is 4.74 Å². The van der Waals surface area contributed by atoms with Crippen LogP contribution in [0.25, 0.3) is 16.8 Å². The predicted octanol–water partition coefficient (Wildman–Crippen LogP) is 5.26. The van der Waals surface area contributed by atoms with Crippen LogP contribution in [0.2, 0.25) is 0 Å². The summed E-state index contributed by atoms with van der Waals surface area (Å²) in [5.74, 6) is 0.711. The summed E-state index contributed by atoms with van der Waals surface area (Å²) >= 11 is 1.39. The van der Waals surface area contributed by atoms with Crippen molar-refractivity contribution in [3.63, 3.8) is 0 Å². The molecule has 0 aromatic heterocycles. The molecular weight excluding hydrogens is 380 g/mol. The molecule has 1 amide bonds. The monoisotopic (exact) mass is 402 g/mol. The van der Waals surface area contributed by atoms with E-state index in [-0.39, 0.29) is 5.91 Å². The van der Waals surface area contributed by atoms with E-state index in [0.717, 1.165) is 27.6 Å². The normalized spacial score (nSPS) is 16.9. The van der Waals surface area contributed by atoms with Crippen LogP contribution in [0.4, 0.5) is 0 Å². The van der Waals surface area contributed by atoms with Crippen LogP contribution in [0.3, 0.4) is 0 Å². The van der Waals surface area contributed by atoms with E-state index in [2.05, 4.69) is 54.4 Å². The second-order valence-corrected chi connectivity index (χ2v) is 7.96. The number of aryl methyl sites for hydroxylation is 1. The molecule has 0 atom stereocenters. The van der Waals surface area contributed by atoms with Crippen molar-refractivity contribution in [3.8, 4) is 5.75 Å². The number of benzene rings is 3. The lowest BCUT2D eigenvalue weighted by molar-refractivity contribution is -0.121. The Kier molecular flexibility index (Phi) is 5.41. The van der Waals surface area contributed by atoms with Gasteiger partial charge in [0, 0.05) is 19.7 Å². The topological polar surface area (TPSA) is 41.9 Å². The molecule has 3 aromatic carbocycles. The maximum atomic E-state index is 12.7. The molecule has 0 bridgehead atoms. The molecule has 1 aliphatic heterocycles. The lowest BCUT2D eigenvalue weighted by atomic mass is 10.0. The van der Waals surface area contributed by atoms with Crippen molar-refractivity contribution < 1.29 is 9.53 Å². The lowest BCUT2D eigenvalue weighted by Crippen LogP contribution is -2.23. The zero-order chi connectivity index (χ0) is 20.4. The van der Waals surface area contributed by atoms with Gasteiger partial charge in [-0.1, -0.05) is 60.2 Å². The Balaban J connectivity index is 1.74. The molecule has 0 saturated carbocycles. The van der Waals surface area contributed by atoms with Gasteiger partial charge in [0.15, 0.2) is 5.17 Å². The fourth-order valence-electron chi connectivity index (χ4n) is 3.28. The third-order valence-corrected chi connectivity index (χ3v) is 6.07. The quantitative estimate of drug-likeness (QED) is 0.559. The molecule has 146 valence electrons. The minimum absolute atomic E-state index is 0.0481. The Morgan fingerprint density at radius 2 is 1.83 bits per heavy atom. The Bertz CT molecular complexity index is 1130. The third-order valence-electron chi connectivity index (χ3n) is 4.92. The van der Waals surface area contributed by atoms with Crippen LogP contribution in [-0.4, -0.2) is 30.1 Å². The first-order valence-corrected chi connectivity index (χ1v) is 10.2. The van der Waals surface area contributed by atoms with Crippen LogP contribution in [0.1, 0.15) is 16.7 Å². The number of carbonyl (C=O) groups is 1. The molecule has 0 spiro atoms. The molecule has 0 aliphatic carbocycles. The van der Waals surface area contributed by atoms with Crippen molar-refractivity contribution >= 4 is 39.7 Å². The smallest absolute Gasteiger partial charge is 0.266 e. The van der Waals surface area contributed by atoms with Gasteiger partial charge in [0.05, 0.1) is 4.91 Å².